The van der Waals surface area contributed by atoms with E-state index in [1.807, 2.05) is 32.0 Å². The van der Waals surface area contributed by atoms with Crippen LogP contribution in [-0.2, 0) is 10.5 Å². The largest absolute Gasteiger partial charge is 0.325 e. The maximum atomic E-state index is 12.2. The Hall–Kier alpha value is -1.73. The van der Waals surface area contributed by atoms with Crippen molar-refractivity contribution in [1.82, 2.24) is 9.97 Å². The summed E-state index contributed by atoms with van der Waals surface area (Å²) in [4.78, 5) is 31.1. The molecule has 0 radical (unpaired) electrons. The van der Waals surface area contributed by atoms with E-state index in [0.29, 0.717) is 16.2 Å². The van der Waals surface area contributed by atoms with Gasteiger partial charge in [-0.3, -0.25) is 9.59 Å². The number of hydrogen-bond donors (Lipinski definition) is 2. The smallest absolute Gasteiger partial charge is 0.251 e. The molecular weight excluding hydrogens is 354 g/mol. The fraction of sp³-hybridized carbons (Fsp3) is 0.389. The number of carbonyl (C=O) groups excluding carboxylic acids is 1. The molecule has 7 heteroatoms. The van der Waals surface area contributed by atoms with Crippen LogP contribution >= 0.6 is 23.5 Å². The minimum absolute atomic E-state index is 0.119. The van der Waals surface area contributed by atoms with E-state index in [9.17, 15) is 9.59 Å². The van der Waals surface area contributed by atoms with E-state index in [0.717, 1.165) is 22.5 Å². The van der Waals surface area contributed by atoms with Crippen molar-refractivity contribution in [3.8, 4) is 0 Å². The van der Waals surface area contributed by atoms with Crippen LogP contribution in [0.5, 0.6) is 0 Å². The van der Waals surface area contributed by atoms with Gasteiger partial charge in [0.05, 0.1) is 11.4 Å². The van der Waals surface area contributed by atoms with Crippen LogP contribution in [0.15, 0.2) is 34.2 Å². The molecule has 0 fully saturated rings. The first-order valence-corrected chi connectivity index (χ1v) is 10.1. The Balaban J connectivity index is 1.98. The van der Waals surface area contributed by atoms with Crippen molar-refractivity contribution in [2.24, 2.45) is 0 Å². The molecule has 2 aromatic rings. The van der Waals surface area contributed by atoms with Crippen LogP contribution in [0.4, 0.5) is 5.69 Å². The number of benzene rings is 1. The van der Waals surface area contributed by atoms with E-state index in [4.69, 9.17) is 0 Å². The van der Waals surface area contributed by atoms with E-state index in [2.05, 4.69) is 29.1 Å². The zero-order chi connectivity index (χ0) is 18.4. The van der Waals surface area contributed by atoms with E-state index >= 15 is 0 Å². The van der Waals surface area contributed by atoms with Crippen LogP contribution < -0.4 is 10.9 Å². The minimum atomic E-state index is -0.188. The number of H-pyrrole nitrogens is 1. The van der Waals surface area contributed by atoms with Crippen LogP contribution in [0.1, 0.15) is 30.7 Å². The van der Waals surface area contributed by atoms with Crippen molar-refractivity contribution in [3.63, 3.8) is 0 Å². The fourth-order valence-electron chi connectivity index (χ4n) is 2.20. The Morgan fingerprint density at radius 3 is 2.60 bits per heavy atom. The zero-order valence-corrected chi connectivity index (χ0v) is 16.5. The van der Waals surface area contributed by atoms with Crippen molar-refractivity contribution in [2.45, 2.75) is 43.9 Å². The maximum Gasteiger partial charge on any atom is 0.251 e. The molecule has 2 N–H and O–H groups in total. The lowest BCUT2D eigenvalue weighted by molar-refractivity contribution is -0.113. The molecule has 1 aromatic carbocycles. The number of thioether (sulfide) groups is 2. The third-order valence-electron chi connectivity index (χ3n) is 3.42. The van der Waals surface area contributed by atoms with E-state index < -0.39 is 0 Å². The molecule has 5 nitrogen and oxygen atoms in total. The van der Waals surface area contributed by atoms with E-state index in [1.54, 1.807) is 11.8 Å². The first-order chi connectivity index (χ1) is 11.8. The van der Waals surface area contributed by atoms with Crippen molar-refractivity contribution in [1.29, 1.82) is 0 Å². The number of aromatic amines is 1. The summed E-state index contributed by atoms with van der Waals surface area (Å²) in [6, 6.07) is 7.40. The maximum absolute atomic E-state index is 12.2. The van der Waals surface area contributed by atoms with Gasteiger partial charge in [0.15, 0.2) is 5.16 Å². The predicted molar refractivity (Wildman–Crippen MR) is 107 cm³/mol. The van der Waals surface area contributed by atoms with Crippen LogP contribution in [0, 0.1) is 13.8 Å². The number of para-hydroxylation sites is 1. The molecule has 25 heavy (non-hydrogen) atoms. The summed E-state index contributed by atoms with van der Waals surface area (Å²) in [5, 5.41) is 3.88. The van der Waals surface area contributed by atoms with Gasteiger partial charge in [-0.25, -0.2) is 4.98 Å². The van der Waals surface area contributed by atoms with Crippen LogP contribution in [-0.4, -0.2) is 26.9 Å². The summed E-state index contributed by atoms with van der Waals surface area (Å²) >= 11 is 2.96. The van der Waals surface area contributed by atoms with Crippen molar-refractivity contribution >= 4 is 35.1 Å². The van der Waals surface area contributed by atoms with Gasteiger partial charge in [-0.1, -0.05) is 43.8 Å². The predicted octanol–water partition coefficient (Wildman–Crippen LogP) is 3.76. The SMILES string of the molecule is Cc1cccc(C)c1NC(=O)CSc1nc(CSC(C)C)cc(=O)[nH]1. The normalized spacial score (nSPS) is 10.9. The van der Waals surface area contributed by atoms with Gasteiger partial charge in [0.2, 0.25) is 5.91 Å². The number of aryl methyl sites for hydroxylation is 2. The number of aromatic nitrogens is 2. The van der Waals surface area contributed by atoms with Gasteiger partial charge in [-0.15, -0.1) is 0 Å². The summed E-state index contributed by atoms with van der Waals surface area (Å²) in [6.45, 7) is 8.13. The molecule has 0 unspecified atom stereocenters. The first kappa shape index (κ1) is 19.6. The van der Waals surface area contributed by atoms with Gasteiger partial charge in [0.1, 0.15) is 0 Å². The molecule has 0 aliphatic heterocycles. The van der Waals surface area contributed by atoms with Crippen molar-refractivity contribution in [3.05, 3.63) is 51.4 Å². The summed E-state index contributed by atoms with van der Waals surface area (Å²) in [7, 11) is 0. The molecular formula is C18H23N3O2S2. The molecule has 1 heterocycles. The second-order valence-electron chi connectivity index (χ2n) is 6.01. The highest BCUT2D eigenvalue weighted by atomic mass is 32.2. The first-order valence-electron chi connectivity index (χ1n) is 8.06. The van der Waals surface area contributed by atoms with Gasteiger partial charge in [0.25, 0.3) is 5.56 Å². The van der Waals surface area contributed by atoms with Gasteiger partial charge in [0, 0.05) is 17.5 Å². The van der Waals surface area contributed by atoms with Gasteiger partial charge in [-0.2, -0.15) is 11.8 Å². The van der Waals surface area contributed by atoms with Crippen LogP contribution in [0.3, 0.4) is 0 Å². The highest BCUT2D eigenvalue weighted by Crippen LogP contribution is 2.21. The number of anilines is 1. The minimum Gasteiger partial charge on any atom is -0.325 e. The highest BCUT2D eigenvalue weighted by Gasteiger charge is 2.10. The summed E-state index contributed by atoms with van der Waals surface area (Å²) in [5.74, 6) is 0.758. The van der Waals surface area contributed by atoms with Crippen LogP contribution in [0.2, 0.25) is 0 Å². The third-order valence-corrected chi connectivity index (χ3v) is 5.43. The number of hydrogen-bond acceptors (Lipinski definition) is 5. The average molecular weight is 378 g/mol. The highest BCUT2D eigenvalue weighted by molar-refractivity contribution is 7.99. The molecule has 2 rings (SSSR count). The van der Waals surface area contributed by atoms with Crippen molar-refractivity contribution < 1.29 is 4.79 Å². The number of nitrogens with zero attached hydrogens (tertiary/aromatic N) is 1. The zero-order valence-electron chi connectivity index (χ0n) is 14.9. The van der Waals surface area contributed by atoms with Crippen molar-refractivity contribution in [2.75, 3.05) is 11.1 Å². The molecule has 0 bridgehead atoms. The van der Waals surface area contributed by atoms with Gasteiger partial charge >= 0.3 is 0 Å². The summed E-state index contributed by atoms with van der Waals surface area (Å²) in [5.41, 5.74) is 3.44. The van der Waals surface area contributed by atoms with Crippen LogP contribution in [0.25, 0.3) is 0 Å². The summed E-state index contributed by atoms with van der Waals surface area (Å²) in [6.07, 6.45) is 0. The lowest BCUT2D eigenvalue weighted by Crippen LogP contribution is -2.17. The molecule has 1 amide bonds. The molecule has 134 valence electrons. The number of rotatable bonds is 7. The second kappa shape index (κ2) is 9.10. The number of amides is 1. The standard InChI is InChI=1S/C18H23N3O2S2/c1-11(2)24-9-14-8-15(22)21-18(19-14)25-10-16(23)20-17-12(3)6-5-7-13(17)4/h5-8,11H,9-10H2,1-4H3,(H,20,23)(H,19,21,22). The third kappa shape index (κ3) is 6.25. The Bertz CT molecular complexity index is 783. The number of nitrogens with one attached hydrogen (secondary N) is 2. The molecule has 0 saturated carbocycles. The molecule has 0 spiro atoms. The van der Waals surface area contributed by atoms with Gasteiger partial charge < -0.3 is 10.3 Å². The Morgan fingerprint density at radius 2 is 1.96 bits per heavy atom. The second-order valence-corrected chi connectivity index (χ2v) is 8.53. The topological polar surface area (TPSA) is 74.8 Å². The molecule has 0 aliphatic carbocycles. The Kier molecular flexibility index (Phi) is 7.13. The quantitative estimate of drug-likeness (QED) is 0.568. The van der Waals surface area contributed by atoms with E-state index in [-0.39, 0.29) is 17.2 Å². The molecule has 0 aliphatic rings. The molecule has 0 saturated heterocycles. The molecule has 0 atom stereocenters. The fourth-order valence-corrected chi connectivity index (χ4v) is 3.55. The lowest BCUT2D eigenvalue weighted by atomic mass is 10.1. The molecule has 1 aromatic heterocycles. The number of carbonyl (C=O) groups is 1. The Morgan fingerprint density at radius 1 is 1.28 bits per heavy atom. The average Bonchev–Trinajstić information content (AvgIpc) is 2.54. The van der Waals surface area contributed by atoms with Gasteiger partial charge in [-0.05, 0) is 30.2 Å². The monoisotopic (exact) mass is 377 g/mol. The summed E-state index contributed by atoms with van der Waals surface area (Å²) < 4.78 is 0. The van der Waals surface area contributed by atoms with E-state index in [1.165, 1.54) is 17.8 Å². The Labute approximate surface area is 156 Å². The lowest BCUT2D eigenvalue weighted by Gasteiger charge is -2.11.